The molecule has 9 heteroatoms. The number of carbonyl (C=O) groups is 3. The summed E-state index contributed by atoms with van der Waals surface area (Å²) >= 11 is 0. The molecular formula is C27H20N4O5. The van der Waals surface area contributed by atoms with Gasteiger partial charge in [-0.15, -0.1) is 5.10 Å². The van der Waals surface area contributed by atoms with Gasteiger partial charge in [0.05, 0.1) is 42.4 Å². The number of benzene rings is 3. The summed E-state index contributed by atoms with van der Waals surface area (Å²) < 4.78 is 6.57. The summed E-state index contributed by atoms with van der Waals surface area (Å²) in [4.78, 5) is 38.8. The maximum absolute atomic E-state index is 12.8. The van der Waals surface area contributed by atoms with Crippen LogP contribution in [0.25, 0.3) is 11.8 Å². The zero-order chi connectivity index (χ0) is 25.2. The third-order valence-corrected chi connectivity index (χ3v) is 5.79. The highest BCUT2D eigenvalue weighted by molar-refractivity contribution is 6.52. The first-order chi connectivity index (χ1) is 17.4. The molecule has 0 fully saturated rings. The number of Topliss-reactive ketones (excluding diaryl/α,β-unsaturated/α-hetero) is 1. The number of carbonyl (C=O) groups excluding carboxylic acids is 3. The number of hydrogen-bond donors (Lipinski definition) is 1. The van der Waals surface area contributed by atoms with Crippen molar-refractivity contribution in [3.05, 3.63) is 101 Å². The number of allylic oxidation sites excluding steroid dienone is 1. The average molecular weight is 480 g/mol. The van der Waals surface area contributed by atoms with Crippen molar-refractivity contribution in [3.63, 3.8) is 0 Å². The number of aromatic nitrogens is 3. The van der Waals surface area contributed by atoms with Crippen molar-refractivity contribution < 1.29 is 24.2 Å². The van der Waals surface area contributed by atoms with Gasteiger partial charge in [-0.2, -0.15) is 0 Å². The fourth-order valence-corrected chi connectivity index (χ4v) is 3.90. The fraction of sp³-hybridized carbons (Fsp3) is 0.0741. The van der Waals surface area contributed by atoms with Crippen LogP contribution in [-0.4, -0.2) is 44.7 Å². The molecule has 1 amide bonds. The Hall–Kier alpha value is -5.05. The van der Waals surface area contributed by atoms with Gasteiger partial charge in [0.1, 0.15) is 17.2 Å². The van der Waals surface area contributed by atoms with Crippen LogP contribution in [0.2, 0.25) is 0 Å². The van der Waals surface area contributed by atoms with Crippen LogP contribution in [0, 0.1) is 0 Å². The second kappa shape index (κ2) is 9.30. The molecule has 36 heavy (non-hydrogen) atoms. The second-order valence-corrected chi connectivity index (χ2v) is 8.06. The molecule has 0 radical (unpaired) electrons. The molecule has 0 unspecified atom stereocenters. The van der Waals surface area contributed by atoms with Crippen LogP contribution < -0.4 is 9.64 Å². The molecule has 1 aliphatic heterocycles. The number of phenolic OH excluding ortho intramolecular Hbond substituents is 1. The Morgan fingerprint density at radius 1 is 1.06 bits per heavy atom. The zero-order valence-electron chi connectivity index (χ0n) is 19.2. The summed E-state index contributed by atoms with van der Waals surface area (Å²) in [5.74, 6) is -1.01. The van der Waals surface area contributed by atoms with E-state index < -0.39 is 11.7 Å². The van der Waals surface area contributed by atoms with E-state index in [4.69, 9.17) is 4.74 Å². The molecular weight excluding hydrogens is 460 g/mol. The molecule has 0 spiro atoms. The van der Waals surface area contributed by atoms with Crippen molar-refractivity contribution in [2.45, 2.75) is 6.54 Å². The van der Waals surface area contributed by atoms with E-state index in [1.54, 1.807) is 61.8 Å². The molecule has 0 saturated heterocycles. The first-order valence-corrected chi connectivity index (χ1v) is 11.0. The number of nitrogens with zero attached hydrogens (tertiary/aromatic N) is 4. The standard InChI is InChI=1S/C27H20N4O5/c1-36-20-10-6-17(7-11-20)8-12-24(32)22-14-19(9-13-25(22)33)31-16-18(28-29-31)15-30-23-5-3-2-4-21(23)26(34)27(30)35/h2-14,16,33H,15H2,1H3/b12-8-. The van der Waals surface area contributed by atoms with Gasteiger partial charge >= 0.3 is 0 Å². The van der Waals surface area contributed by atoms with E-state index in [9.17, 15) is 19.5 Å². The van der Waals surface area contributed by atoms with E-state index in [2.05, 4.69) is 10.3 Å². The second-order valence-electron chi connectivity index (χ2n) is 8.06. The molecule has 5 rings (SSSR count). The number of aromatic hydroxyl groups is 1. The Kier molecular flexibility index (Phi) is 5.87. The first-order valence-electron chi connectivity index (χ1n) is 11.0. The lowest BCUT2D eigenvalue weighted by molar-refractivity contribution is -0.114. The number of phenols is 1. The van der Waals surface area contributed by atoms with Crippen molar-refractivity contribution >= 4 is 29.2 Å². The van der Waals surface area contributed by atoms with Crippen LogP contribution in [0.4, 0.5) is 5.69 Å². The molecule has 1 N–H and O–H groups in total. The Labute approximate surface area is 205 Å². The molecule has 4 aromatic rings. The van der Waals surface area contributed by atoms with Crippen LogP contribution >= 0.6 is 0 Å². The largest absolute Gasteiger partial charge is 0.507 e. The van der Waals surface area contributed by atoms with Crippen LogP contribution in [-0.2, 0) is 11.3 Å². The predicted octanol–water partition coefficient (Wildman–Crippen LogP) is 3.61. The maximum atomic E-state index is 12.8. The Morgan fingerprint density at radius 3 is 2.61 bits per heavy atom. The van der Waals surface area contributed by atoms with Gasteiger partial charge < -0.3 is 9.84 Å². The van der Waals surface area contributed by atoms with Crippen LogP contribution in [0.5, 0.6) is 11.5 Å². The van der Waals surface area contributed by atoms with Crippen LogP contribution in [0.1, 0.15) is 32.0 Å². The highest BCUT2D eigenvalue weighted by atomic mass is 16.5. The van der Waals surface area contributed by atoms with E-state index in [1.807, 2.05) is 12.1 Å². The summed E-state index contributed by atoms with van der Waals surface area (Å²) in [6.07, 6.45) is 4.63. The Morgan fingerprint density at radius 2 is 1.83 bits per heavy atom. The van der Waals surface area contributed by atoms with E-state index in [-0.39, 0.29) is 23.6 Å². The monoisotopic (exact) mass is 480 g/mol. The fourth-order valence-electron chi connectivity index (χ4n) is 3.90. The minimum Gasteiger partial charge on any atom is -0.507 e. The molecule has 178 valence electrons. The Balaban J connectivity index is 1.35. The van der Waals surface area contributed by atoms with Gasteiger partial charge in [-0.05, 0) is 54.1 Å². The summed E-state index contributed by atoms with van der Waals surface area (Å²) in [7, 11) is 1.58. The highest BCUT2D eigenvalue weighted by Crippen LogP contribution is 2.30. The minimum absolute atomic E-state index is 0.0655. The van der Waals surface area contributed by atoms with Crippen LogP contribution in [0.3, 0.4) is 0 Å². The minimum atomic E-state index is -0.619. The van der Waals surface area contributed by atoms with Gasteiger partial charge in [0.25, 0.3) is 11.7 Å². The molecule has 2 heterocycles. The number of amides is 1. The smallest absolute Gasteiger partial charge is 0.299 e. The predicted molar refractivity (Wildman–Crippen MR) is 131 cm³/mol. The number of ketones is 2. The molecule has 3 aromatic carbocycles. The summed E-state index contributed by atoms with van der Waals surface area (Å²) in [6.45, 7) is 0.0655. The third kappa shape index (κ3) is 4.25. The van der Waals surface area contributed by atoms with Crippen molar-refractivity contribution in [1.82, 2.24) is 15.0 Å². The molecule has 0 aliphatic carbocycles. The van der Waals surface area contributed by atoms with Crippen molar-refractivity contribution in [3.8, 4) is 17.2 Å². The zero-order valence-corrected chi connectivity index (χ0v) is 19.2. The molecule has 0 bridgehead atoms. The van der Waals surface area contributed by atoms with E-state index >= 15 is 0 Å². The Bertz CT molecular complexity index is 1520. The van der Waals surface area contributed by atoms with Crippen molar-refractivity contribution in [1.29, 1.82) is 0 Å². The number of methoxy groups -OCH3 is 1. The lowest BCUT2D eigenvalue weighted by Gasteiger charge is -2.14. The molecule has 0 saturated carbocycles. The van der Waals surface area contributed by atoms with Gasteiger partial charge in [-0.25, -0.2) is 4.68 Å². The number of hydrogen-bond acceptors (Lipinski definition) is 7. The summed E-state index contributed by atoms with van der Waals surface area (Å²) in [5.41, 5.74) is 2.74. The number of anilines is 1. The molecule has 9 nitrogen and oxygen atoms in total. The quantitative estimate of drug-likeness (QED) is 0.244. The van der Waals surface area contributed by atoms with E-state index in [0.717, 1.165) is 5.56 Å². The maximum Gasteiger partial charge on any atom is 0.299 e. The number of fused-ring (bicyclic) bond motifs is 1. The number of para-hydroxylation sites is 1. The number of ether oxygens (including phenoxy) is 1. The molecule has 1 aromatic heterocycles. The van der Waals surface area contributed by atoms with Gasteiger partial charge in [0.2, 0.25) is 0 Å². The third-order valence-electron chi connectivity index (χ3n) is 5.79. The number of rotatable bonds is 7. The van der Waals surface area contributed by atoms with Crippen LogP contribution in [0.15, 0.2) is 79.0 Å². The van der Waals surface area contributed by atoms with Gasteiger partial charge in [-0.1, -0.05) is 35.6 Å². The average Bonchev–Trinajstić information content (AvgIpc) is 3.47. The lowest BCUT2D eigenvalue weighted by Crippen LogP contribution is -2.29. The van der Waals surface area contributed by atoms with E-state index in [1.165, 1.54) is 27.8 Å². The summed E-state index contributed by atoms with van der Waals surface area (Å²) in [6, 6.07) is 18.5. The van der Waals surface area contributed by atoms with Gasteiger partial charge in [-0.3, -0.25) is 19.3 Å². The first kappa shape index (κ1) is 22.7. The van der Waals surface area contributed by atoms with Gasteiger partial charge in [0.15, 0.2) is 5.78 Å². The van der Waals surface area contributed by atoms with Crippen molar-refractivity contribution in [2.75, 3.05) is 12.0 Å². The van der Waals surface area contributed by atoms with Gasteiger partial charge in [0, 0.05) is 0 Å². The molecule has 1 aliphatic rings. The lowest BCUT2D eigenvalue weighted by atomic mass is 10.1. The van der Waals surface area contributed by atoms with Crippen molar-refractivity contribution in [2.24, 2.45) is 0 Å². The van der Waals surface area contributed by atoms with E-state index in [0.29, 0.717) is 28.4 Å². The normalized spacial score (nSPS) is 12.9. The molecule has 0 atom stereocenters. The summed E-state index contributed by atoms with van der Waals surface area (Å²) in [5, 5.41) is 18.5. The highest BCUT2D eigenvalue weighted by Gasteiger charge is 2.35. The SMILES string of the molecule is COc1ccc(/C=C\C(=O)c2cc(-n3cc(CN4C(=O)C(=O)c5ccccc54)nn3)ccc2O)cc1. The topological polar surface area (TPSA) is 115 Å².